The van der Waals surface area contributed by atoms with E-state index in [0.717, 1.165) is 0 Å². The van der Waals surface area contributed by atoms with E-state index in [1.807, 2.05) is 27.7 Å². The van der Waals surface area contributed by atoms with E-state index in [-0.39, 0.29) is 30.0 Å². The molecule has 10 nitrogen and oxygen atoms in total. The van der Waals surface area contributed by atoms with Crippen LogP contribution in [0.2, 0.25) is 0 Å². The highest BCUT2D eigenvalue weighted by Gasteiger charge is 2.24. The summed E-state index contributed by atoms with van der Waals surface area (Å²) in [6.45, 7) is 7.74. The van der Waals surface area contributed by atoms with E-state index in [0.29, 0.717) is 34.1 Å². The van der Waals surface area contributed by atoms with Crippen LogP contribution in [0.3, 0.4) is 0 Å². The molecule has 1 aliphatic rings. The molecule has 3 rings (SSSR count). The Bertz CT molecular complexity index is 972. The third kappa shape index (κ3) is 5.33. The molecule has 0 N–H and O–H groups in total. The first kappa shape index (κ1) is 23.7. The van der Waals surface area contributed by atoms with Gasteiger partial charge in [0, 0.05) is 11.1 Å². The van der Waals surface area contributed by atoms with Crippen LogP contribution >= 0.6 is 0 Å². The summed E-state index contributed by atoms with van der Waals surface area (Å²) in [4.78, 5) is 20.9. The molecule has 2 aromatic rings. The summed E-state index contributed by atoms with van der Waals surface area (Å²) in [6, 6.07) is 6.17. The highest BCUT2D eigenvalue weighted by atomic mass is 16.7. The molecule has 0 radical (unpaired) electrons. The van der Waals surface area contributed by atoms with Gasteiger partial charge in [-0.25, -0.2) is 0 Å². The van der Waals surface area contributed by atoms with E-state index < -0.39 is 9.85 Å². The van der Waals surface area contributed by atoms with Crippen molar-refractivity contribution >= 4 is 11.4 Å². The summed E-state index contributed by atoms with van der Waals surface area (Å²) in [5.74, 6) is 2.06. The second-order valence-electron chi connectivity index (χ2n) is 7.35. The van der Waals surface area contributed by atoms with E-state index in [1.165, 1.54) is 26.4 Å². The lowest BCUT2D eigenvalue weighted by atomic mass is 10.0. The Kier molecular flexibility index (Phi) is 7.62. The van der Waals surface area contributed by atoms with Crippen molar-refractivity contribution in [2.45, 2.75) is 39.5 Å². The van der Waals surface area contributed by atoms with Crippen molar-refractivity contribution in [2.24, 2.45) is 0 Å². The monoisotopic (exact) mass is 434 g/mol. The van der Waals surface area contributed by atoms with Gasteiger partial charge in [0.05, 0.1) is 36.2 Å². The van der Waals surface area contributed by atoms with Crippen LogP contribution < -0.4 is 18.9 Å². The van der Waals surface area contributed by atoms with E-state index >= 15 is 0 Å². The molecule has 0 aromatic heterocycles. The Hall–Kier alpha value is -3.56. The van der Waals surface area contributed by atoms with Crippen molar-refractivity contribution in [3.05, 3.63) is 55.6 Å². The van der Waals surface area contributed by atoms with E-state index in [2.05, 4.69) is 0 Å². The van der Waals surface area contributed by atoms with Crippen LogP contribution in [0, 0.1) is 20.2 Å². The third-order valence-electron chi connectivity index (χ3n) is 4.69. The smallest absolute Gasteiger partial charge is 0.276 e. The van der Waals surface area contributed by atoms with Gasteiger partial charge in [0.15, 0.2) is 23.0 Å². The average molecular weight is 434 g/mol. The van der Waals surface area contributed by atoms with Crippen molar-refractivity contribution in [1.82, 2.24) is 0 Å². The third-order valence-corrected chi connectivity index (χ3v) is 4.69. The van der Waals surface area contributed by atoms with Crippen LogP contribution in [-0.2, 0) is 0 Å². The molecule has 0 fully saturated rings. The van der Waals surface area contributed by atoms with Gasteiger partial charge >= 0.3 is 0 Å². The molecule has 0 saturated carbocycles. The van der Waals surface area contributed by atoms with E-state index in [4.69, 9.17) is 18.9 Å². The Balaban J connectivity index is 0.000000220. The number of methoxy groups -OCH3 is 2. The van der Waals surface area contributed by atoms with Gasteiger partial charge in [-0.3, -0.25) is 20.2 Å². The first-order valence-corrected chi connectivity index (χ1v) is 9.58. The van der Waals surface area contributed by atoms with Gasteiger partial charge in [0.2, 0.25) is 6.79 Å². The van der Waals surface area contributed by atoms with Crippen molar-refractivity contribution < 1.29 is 28.8 Å². The number of hydrogen-bond donors (Lipinski definition) is 0. The Morgan fingerprint density at radius 3 is 1.65 bits per heavy atom. The summed E-state index contributed by atoms with van der Waals surface area (Å²) < 4.78 is 20.4. The summed E-state index contributed by atoms with van der Waals surface area (Å²) in [5, 5.41) is 21.7. The van der Waals surface area contributed by atoms with Crippen molar-refractivity contribution in [3.63, 3.8) is 0 Å². The van der Waals surface area contributed by atoms with Gasteiger partial charge in [-0.15, -0.1) is 0 Å². The Labute approximate surface area is 180 Å². The Morgan fingerprint density at radius 2 is 1.19 bits per heavy atom. The number of rotatable bonds is 6. The molecule has 0 spiro atoms. The highest BCUT2D eigenvalue weighted by molar-refractivity contribution is 5.56. The first-order valence-electron chi connectivity index (χ1n) is 9.58. The fourth-order valence-corrected chi connectivity index (χ4v) is 3.07. The standard InChI is InChI=1S/C11H15NO4.C10H11NO4/c1-7(2)8-5-10(15-3)11(16-4)6-9(8)12(13)14;1-6(2)7-3-9-10(15-5-14-9)4-8(7)11(12)13/h5-7H,1-4H3;3-4,6H,5H2,1-2H3. The maximum atomic E-state index is 10.9. The molecule has 0 unspecified atom stereocenters. The number of ether oxygens (including phenoxy) is 4. The second kappa shape index (κ2) is 9.96. The number of nitrogens with zero attached hydrogens (tertiary/aromatic N) is 2. The fourth-order valence-electron chi connectivity index (χ4n) is 3.07. The average Bonchev–Trinajstić information content (AvgIpc) is 3.19. The zero-order valence-corrected chi connectivity index (χ0v) is 18.3. The molecule has 0 atom stereocenters. The molecule has 0 amide bonds. The van der Waals surface area contributed by atoms with E-state index in [1.54, 1.807) is 12.1 Å². The van der Waals surface area contributed by atoms with Crippen molar-refractivity contribution in [3.8, 4) is 23.0 Å². The van der Waals surface area contributed by atoms with Crippen LogP contribution in [0.5, 0.6) is 23.0 Å². The minimum Gasteiger partial charge on any atom is -0.493 e. The van der Waals surface area contributed by atoms with Gasteiger partial charge in [-0.1, -0.05) is 27.7 Å². The molecule has 168 valence electrons. The van der Waals surface area contributed by atoms with Crippen molar-refractivity contribution in [2.75, 3.05) is 21.0 Å². The van der Waals surface area contributed by atoms with Crippen LogP contribution in [0.1, 0.15) is 50.7 Å². The van der Waals surface area contributed by atoms with E-state index in [9.17, 15) is 20.2 Å². The molecule has 2 aromatic carbocycles. The molecular formula is C21H26N2O8. The summed E-state index contributed by atoms with van der Waals surface area (Å²) in [7, 11) is 2.96. The summed E-state index contributed by atoms with van der Waals surface area (Å²) >= 11 is 0. The topological polar surface area (TPSA) is 123 Å². The molecular weight excluding hydrogens is 408 g/mol. The molecule has 31 heavy (non-hydrogen) atoms. The summed E-state index contributed by atoms with van der Waals surface area (Å²) in [5.41, 5.74) is 1.47. The minimum absolute atomic E-state index is 0.0557. The Morgan fingerprint density at radius 1 is 0.774 bits per heavy atom. The SMILES string of the molecule is CC(C)c1cc2c(cc1[N+](=O)[O-])OCO2.COc1cc(C(C)C)c([N+](=O)[O-])cc1OC. The van der Waals surface area contributed by atoms with Crippen LogP contribution in [0.15, 0.2) is 24.3 Å². The van der Waals surface area contributed by atoms with Gasteiger partial charge < -0.3 is 18.9 Å². The number of benzene rings is 2. The van der Waals surface area contributed by atoms with Gasteiger partial charge in [0.1, 0.15) is 0 Å². The van der Waals surface area contributed by atoms with Gasteiger partial charge in [0.25, 0.3) is 11.4 Å². The molecule has 1 aliphatic heterocycles. The highest BCUT2D eigenvalue weighted by Crippen LogP contribution is 2.40. The predicted molar refractivity (Wildman–Crippen MR) is 114 cm³/mol. The second-order valence-corrected chi connectivity index (χ2v) is 7.35. The normalized spacial score (nSPS) is 11.7. The number of fused-ring (bicyclic) bond motifs is 1. The largest absolute Gasteiger partial charge is 0.493 e. The summed E-state index contributed by atoms with van der Waals surface area (Å²) in [6.07, 6.45) is 0. The molecule has 0 saturated heterocycles. The molecule has 10 heteroatoms. The van der Waals surface area contributed by atoms with Gasteiger partial charge in [-0.2, -0.15) is 0 Å². The first-order chi connectivity index (χ1) is 14.6. The molecule has 0 aliphatic carbocycles. The molecule has 0 bridgehead atoms. The number of hydrogen-bond acceptors (Lipinski definition) is 8. The lowest BCUT2D eigenvalue weighted by molar-refractivity contribution is -0.385. The number of nitro groups is 2. The maximum absolute atomic E-state index is 10.9. The predicted octanol–water partition coefficient (Wildman–Crippen LogP) is 5.18. The number of nitro benzene ring substituents is 2. The maximum Gasteiger partial charge on any atom is 0.276 e. The van der Waals surface area contributed by atoms with Crippen molar-refractivity contribution in [1.29, 1.82) is 0 Å². The lowest BCUT2D eigenvalue weighted by Crippen LogP contribution is -2.00. The zero-order valence-electron chi connectivity index (χ0n) is 18.3. The van der Waals surface area contributed by atoms with Gasteiger partial charge in [-0.05, 0) is 24.0 Å². The zero-order chi connectivity index (χ0) is 23.3. The van der Waals surface area contributed by atoms with Crippen LogP contribution in [0.25, 0.3) is 0 Å². The minimum atomic E-state index is -0.405. The molecule has 1 heterocycles. The van der Waals surface area contributed by atoms with Crippen LogP contribution in [0.4, 0.5) is 11.4 Å². The van der Waals surface area contributed by atoms with Crippen LogP contribution in [-0.4, -0.2) is 30.9 Å². The quantitative estimate of drug-likeness (QED) is 0.450. The fraction of sp³-hybridized carbons (Fsp3) is 0.429. The lowest BCUT2D eigenvalue weighted by Gasteiger charge is -2.12.